The number of aromatic amines is 1. The second-order valence-electron chi connectivity index (χ2n) is 11.9. The van der Waals surface area contributed by atoms with Crippen LogP contribution in [0.3, 0.4) is 0 Å². The van der Waals surface area contributed by atoms with Crippen molar-refractivity contribution in [1.29, 1.82) is 0 Å². The van der Waals surface area contributed by atoms with Gasteiger partial charge in [0.25, 0.3) is 0 Å². The highest BCUT2D eigenvalue weighted by atomic mass is 32.2. The third kappa shape index (κ3) is 10.7. The number of nitrogens with two attached hydrogens (primary N) is 2. The highest BCUT2D eigenvalue weighted by Gasteiger charge is 2.33. The fraction of sp³-hybridized carbons (Fsp3) is 0.378. The van der Waals surface area contributed by atoms with E-state index in [-0.39, 0.29) is 17.7 Å². The van der Waals surface area contributed by atoms with E-state index in [4.69, 9.17) is 11.5 Å². The minimum Gasteiger partial charge on any atom is -0.361 e. The smallest absolute Gasteiger partial charge is 0.245 e. The first-order valence-electron chi connectivity index (χ1n) is 16.7. The molecule has 48 heavy (non-hydrogen) atoms. The van der Waals surface area contributed by atoms with E-state index in [1.807, 2.05) is 84.4 Å². The molecule has 1 aliphatic rings. The van der Waals surface area contributed by atoms with Gasteiger partial charge >= 0.3 is 0 Å². The van der Waals surface area contributed by atoms with Gasteiger partial charge in [-0.05, 0) is 73.9 Å². The molecule has 256 valence electrons. The number of hydrogen-bond donors (Lipinski definition) is 6. The van der Waals surface area contributed by atoms with E-state index in [1.54, 1.807) is 18.8 Å². The van der Waals surface area contributed by atoms with Crippen LogP contribution in [0.25, 0.3) is 10.9 Å². The van der Waals surface area contributed by atoms with E-state index < -0.39 is 18.1 Å². The van der Waals surface area contributed by atoms with Crippen LogP contribution in [0.1, 0.15) is 43.2 Å². The fourth-order valence-electron chi connectivity index (χ4n) is 5.69. The molecule has 8 N–H and O–H groups in total. The molecule has 0 unspecified atom stereocenters. The Labute approximate surface area is 287 Å². The quantitative estimate of drug-likeness (QED) is 0.188. The number of aromatic nitrogens is 1. The molecule has 0 fully saturated rings. The number of nitrogens with one attached hydrogen (secondary N) is 4. The predicted octanol–water partition coefficient (Wildman–Crippen LogP) is 3.90. The van der Waals surface area contributed by atoms with Crippen LogP contribution in [0.4, 0.5) is 0 Å². The first-order chi connectivity index (χ1) is 23.4. The van der Waals surface area contributed by atoms with E-state index >= 15 is 0 Å². The lowest BCUT2D eigenvalue weighted by molar-refractivity contribution is -0.142. The number of hydrogen-bond acceptors (Lipinski definition) is 7. The summed E-state index contributed by atoms with van der Waals surface area (Å²) in [6, 6.07) is 13.7. The zero-order chi connectivity index (χ0) is 34.1. The van der Waals surface area contributed by atoms with Crippen molar-refractivity contribution in [2.24, 2.45) is 11.5 Å². The fourth-order valence-corrected chi connectivity index (χ4v) is 6.46. The number of fused-ring (bicyclic) bond motifs is 2. The maximum Gasteiger partial charge on any atom is 0.245 e. The summed E-state index contributed by atoms with van der Waals surface area (Å²) in [5.74, 6) is -0.874. The Morgan fingerprint density at radius 2 is 1.60 bits per heavy atom. The van der Waals surface area contributed by atoms with Crippen LogP contribution in [0.2, 0.25) is 0 Å². The molecule has 0 bridgehead atoms. The lowest BCUT2D eigenvalue weighted by atomic mass is 10.0. The molecule has 10 nitrogen and oxygen atoms in total. The lowest BCUT2D eigenvalue weighted by Gasteiger charge is -2.32. The molecule has 3 amide bonds. The molecule has 3 atom stereocenters. The number of nitrogens with zero attached hydrogens (tertiary/aromatic N) is 1. The number of carbonyl (C=O) groups excluding carboxylic acids is 3. The van der Waals surface area contributed by atoms with E-state index in [1.165, 1.54) is 4.90 Å². The molecule has 0 spiro atoms. The van der Waals surface area contributed by atoms with Gasteiger partial charge in [-0.15, -0.1) is 0 Å². The van der Waals surface area contributed by atoms with E-state index in [2.05, 4.69) is 27.0 Å². The normalized spacial score (nSPS) is 20.3. The van der Waals surface area contributed by atoms with Crippen molar-refractivity contribution >= 4 is 40.4 Å². The SMILES string of the molecule is CN1C(=O)[C@H](CCCCN)NC(=O)[C@H](CCCN)NCc2ccccc2SC=CC=CC=CCNC(=O)[C@@H]1Cc1c[nH]c2ccccc12. The highest BCUT2D eigenvalue weighted by Crippen LogP contribution is 2.24. The largest absolute Gasteiger partial charge is 0.361 e. The zero-order valence-electron chi connectivity index (χ0n) is 27.7. The number of benzene rings is 2. The number of amides is 3. The molecule has 3 aromatic rings. The topological polar surface area (TPSA) is 158 Å². The number of H-pyrrole nitrogens is 1. The van der Waals surface area contributed by atoms with E-state index in [9.17, 15) is 14.4 Å². The van der Waals surface area contributed by atoms with Crippen LogP contribution in [-0.2, 0) is 27.3 Å². The molecule has 0 saturated heterocycles. The molecular formula is C37H49N7O3S. The van der Waals surface area contributed by atoms with Gasteiger partial charge in [0.1, 0.15) is 12.1 Å². The Morgan fingerprint density at radius 3 is 2.44 bits per heavy atom. The van der Waals surface area contributed by atoms with Crippen LogP contribution < -0.4 is 27.4 Å². The molecular weight excluding hydrogens is 623 g/mol. The minimum atomic E-state index is -0.832. The Kier molecular flexibility index (Phi) is 15.0. The van der Waals surface area contributed by atoms with E-state index in [0.29, 0.717) is 64.7 Å². The van der Waals surface area contributed by atoms with Crippen molar-refractivity contribution in [2.75, 3.05) is 26.7 Å². The molecule has 0 radical (unpaired) electrons. The molecule has 11 heteroatoms. The number of rotatable bonds is 9. The number of para-hydroxylation sites is 1. The van der Waals surface area contributed by atoms with Gasteiger partial charge in [-0.3, -0.25) is 14.4 Å². The Morgan fingerprint density at radius 1 is 0.854 bits per heavy atom. The van der Waals surface area contributed by atoms with Gasteiger partial charge in [-0.1, -0.05) is 78.5 Å². The second kappa shape index (κ2) is 19.6. The summed E-state index contributed by atoms with van der Waals surface area (Å²) in [6.07, 6.45) is 14.6. The summed E-state index contributed by atoms with van der Waals surface area (Å²) in [6.45, 7) is 1.69. The molecule has 2 heterocycles. The monoisotopic (exact) mass is 671 g/mol. The molecule has 4 rings (SSSR count). The average molecular weight is 672 g/mol. The number of unbranched alkanes of at least 4 members (excludes halogenated alkanes) is 1. The minimum absolute atomic E-state index is 0.272. The Hall–Kier alpha value is -4.16. The lowest BCUT2D eigenvalue weighted by Crippen LogP contribution is -2.57. The summed E-state index contributed by atoms with van der Waals surface area (Å²) >= 11 is 1.60. The van der Waals surface area contributed by atoms with E-state index in [0.717, 1.165) is 26.9 Å². The molecule has 1 aromatic heterocycles. The van der Waals surface area contributed by atoms with Crippen molar-refractivity contribution in [3.63, 3.8) is 0 Å². The zero-order valence-corrected chi connectivity index (χ0v) is 28.5. The first kappa shape index (κ1) is 36.7. The van der Waals surface area contributed by atoms with Crippen molar-refractivity contribution < 1.29 is 14.4 Å². The maximum atomic E-state index is 14.3. The van der Waals surface area contributed by atoms with Crippen molar-refractivity contribution in [1.82, 2.24) is 25.8 Å². The van der Waals surface area contributed by atoms with Crippen LogP contribution in [0, 0.1) is 0 Å². The average Bonchev–Trinajstić information content (AvgIpc) is 3.51. The van der Waals surface area contributed by atoms with Gasteiger partial charge in [0.15, 0.2) is 0 Å². The number of likely N-dealkylation sites (N-methyl/N-ethyl adjacent to an activating group) is 1. The maximum absolute atomic E-state index is 14.3. The Bertz CT molecular complexity index is 1580. The van der Waals surface area contributed by atoms with Crippen LogP contribution in [0.5, 0.6) is 0 Å². The summed E-state index contributed by atoms with van der Waals surface area (Å²) in [7, 11) is 1.64. The number of thioether (sulfide) groups is 1. The standard InChI is InChI=1S/C37H49N7O3S/c1-44-33(24-28-26-41-30-16-7-6-15-29(28)30)36(46)40-22-11-3-2-4-12-23-48-34-19-8-5-14-27(34)25-42-31(18-13-21-39)35(45)43-32(37(44)47)17-9-10-20-38/h2-8,11-12,14-16,19,23,26,31-33,41-42H,9-10,13,17-18,20-22,24-25,38-39H2,1H3,(H,40,46)(H,43,45)/t31-,32-,33-/m0/s1. The number of allylic oxidation sites excluding steroid dienone is 4. The molecule has 1 aliphatic heterocycles. The highest BCUT2D eigenvalue weighted by molar-refractivity contribution is 8.02. The van der Waals surface area contributed by atoms with Gasteiger partial charge in [-0.25, -0.2) is 0 Å². The third-order valence-electron chi connectivity index (χ3n) is 8.43. The van der Waals surface area contributed by atoms with Gasteiger partial charge < -0.3 is 37.3 Å². The summed E-state index contributed by atoms with van der Waals surface area (Å²) < 4.78 is 0. The predicted molar refractivity (Wildman–Crippen MR) is 195 cm³/mol. The van der Waals surface area contributed by atoms with Crippen LogP contribution in [0.15, 0.2) is 95.4 Å². The summed E-state index contributed by atoms with van der Waals surface area (Å²) in [5.41, 5.74) is 14.6. The molecule has 0 saturated carbocycles. The summed E-state index contributed by atoms with van der Waals surface area (Å²) in [5, 5.41) is 12.5. The van der Waals surface area contributed by atoms with Crippen molar-refractivity contribution in [2.45, 2.75) is 68.1 Å². The van der Waals surface area contributed by atoms with Crippen molar-refractivity contribution in [3.05, 3.63) is 102 Å². The molecule has 0 aliphatic carbocycles. The van der Waals surface area contributed by atoms with Crippen molar-refractivity contribution in [3.8, 4) is 0 Å². The van der Waals surface area contributed by atoms with Crippen LogP contribution >= 0.6 is 11.8 Å². The van der Waals surface area contributed by atoms with Crippen LogP contribution in [-0.4, -0.2) is 72.4 Å². The van der Waals surface area contributed by atoms with Gasteiger partial charge in [0.2, 0.25) is 17.7 Å². The Balaban J connectivity index is 1.66. The molecule has 2 aromatic carbocycles. The second-order valence-corrected chi connectivity index (χ2v) is 12.8. The van der Waals surface area contributed by atoms with Gasteiger partial charge in [-0.2, -0.15) is 0 Å². The van der Waals surface area contributed by atoms with Gasteiger partial charge in [0, 0.05) is 48.6 Å². The van der Waals surface area contributed by atoms with Gasteiger partial charge in [0.05, 0.1) is 6.04 Å². The third-order valence-corrected chi connectivity index (χ3v) is 9.37. The number of carbonyl (C=O) groups is 3. The summed E-state index contributed by atoms with van der Waals surface area (Å²) in [4.78, 5) is 47.7. The first-order valence-corrected chi connectivity index (χ1v) is 17.6.